The van der Waals surface area contributed by atoms with Crippen molar-refractivity contribution in [1.29, 1.82) is 0 Å². The lowest BCUT2D eigenvalue weighted by Crippen LogP contribution is -2.37. The second kappa shape index (κ2) is 13.3. The molecule has 0 unspecified atom stereocenters. The van der Waals surface area contributed by atoms with Crippen molar-refractivity contribution in [3.05, 3.63) is 47.5 Å². The predicted octanol–water partition coefficient (Wildman–Crippen LogP) is 3.94. The first-order valence-corrected chi connectivity index (χ1v) is 10.6. The van der Waals surface area contributed by atoms with Gasteiger partial charge in [-0.3, -0.25) is 0 Å². The van der Waals surface area contributed by atoms with Crippen molar-refractivity contribution in [3.63, 3.8) is 0 Å². The highest BCUT2D eigenvalue weighted by Gasteiger charge is 2.13. The zero-order valence-corrected chi connectivity index (χ0v) is 19.3. The molecule has 0 bridgehead atoms. The number of nitrogens with one attached hydrogen (secondary N) is 2. The number of unbranched alkanes of at least 4 members (excludes halogenated alkanes) is 1. The van der Waals surface area contributed by atoms with Crippen LogP contribution in [0.5, 0.6) is 23.0 Å². The number of methoxy groups -OCH3 is 3. The van der Waals surface area contributed by atoms with Crippen LogP contribution >= 0.6 is 0 Å². The van der Waals surface area contributed by atoms with Crippen molar-refractivity contribution in [3.8, 4) is 23.0 Å². The molecule has 2 rings (SSSR count). The highest BCUT2D eigenvalue weighted by atomic mass is 16.5. The van der Waals surface area contributed by atoms with Gasteiger partial charge >= 0.3 is 0 Å². The Morgan fingerprint density at radius 3 is 2.16 bits per heavy atom. The summed E-state index contributed by atoms with van der Waals surface area (Å²) in [6.45, 7) is 6.91. The largest absolute Gasteiger partial charge is 0.494 e. The van der Waals surface area contributed by atoms with Crippen LogP contribution in [0.15, 0.2) is 41.4 Å². The van der Waals surface area contributed by atoms with E-state index in [0.717, 1.165) is 43.2 Å². The molecule has 0 spiro atoms. The highest BCUT2D eigenvalue weighted by molar-refractivity contribution is 5.79. The molecule has 7 nitrogen and oxygen atoms in total. The highest BCUT2D eigenvalue weighted by Crippen LogP contribution is 2.38. The number of guanidine groups is 1. The summed E-state index contributed by atoms with van der Waals surface area (Å²) in [5.74, 6) is 3.52. The van der Waals surface area contributed by atoms with Crippen LogP contribution in [0.25, 0.3) is 0 Å². The maximum absolute atomic E-state index is 5.78. The zero-order valence-electron chi connectivity index (χ0n) is 19.3. The summed E-state index contributed by atoms with van der Waals surface area (Å²) in [4.78, 5) is 4.67. The molecule has 0 saturated heterocycles. The number of rotatable bonds is 12. The van der Waals surface area contributed by atoms with E-state index in [-0.39, 0.29) is 0 Å². The molecule has 0 amide bonds. The maximum Gasteiger partial charge on any atom is 0.203 e. The third-order valence-corrected chi connectivity index (χ3v) is 4.64. The molecular formula is C24H35N3O4. The lowest BCUT2D eigenvalue weighted by atomic mass is 10.2. The van der Waals surface area contributed by atoms with E-state index >= 15 is 0 Å². The van der Waals surface area contributed by atoms with Gasteiger partial charge < -0.3 is 29.6 Å². The Kier molecular flexibility index (Phi) is 10.3. The van der Waals surface area contributed by atoms with Crippen molar-refractivity contribution in [2.24, 2.45) is 4.99 Å². The Hall–Kier alpha value is -3.09. The number of aliphatic imine (C=N–C) groups is 1. The number of aryl methyl sites for hydroxylation is 1. The summed E-state index contributed by atoms with van der Waals surface area (Å²) in [6.07, 6.45) is 1.95. The Labute approximate surface area is 185 Å². The van der Waals surface area contributed by atoms with E-state index in [2.05, 4.69) is 34.7 Å². The molecule has 2 aromatic carbocycles. The molecule has 7 heteroatoms. The fourth-order valence-electron chi connectivity index (χ4n) is 3.00. The molecule has 0 aliphatic carbocycles. The second-order valence-electron chi connectivity index (χ2n) is 7.02. The molecule has 2 aromatic rings. The van der Waals surface area contributed by atoms with Gasteiger partial charge in [0.25, 0.3) is 0 Å². The van der Waals surface area contributed by atoms with Crippen molar-refractivity contribution in [1.82, 2.24) is 10.6 Å². The van der Waals surface area contributed by atoms with E-state index in [1.165, 1.54) is 5.56 Å². The van der Waals surface area contributed by atoms with Gasteiger partial charge in [0.15, 0.2) is 17.5 Å². The van der Waals surface area contributed by atoms with Gasteiger partial charge in [0.1, 0.15) is 5.75 Å². The number of ether oxygens (including phenoxy) is 4. The summed E-state index contributed by atoms with van der Waals surface area (Å²) in [6, 6.07) is 12.0. The van der Waals surface area contributed by atoms with Gasteiger partial charge in [-0.2, -0.15) is 0 Å². The first kappa shape index (κ1) is 24.2. The lowest BCUT2D eigenvalue weighted by molar-refractivity contribution is 0.307. The molecule has 0 saturated carbocycles. The van der Waals surface area contributed by atoms with Crippen LogP contribution in [0.3, 0.4) is 0 Å². The maximum atomic E-state index is 5.78. The summed E-state index contributed by atoms with van der Waals surface area (Å²) in [5, 5.41) is 6.65. The molecule has 31 heavy (non-hydrogen) atoms. The van der Waals surface area contributed by atoms with Crippen molar-refractivity contribution in [2.45, 2.75) is 33.2 Å². The van der Waals surface area contributed by atoms with Crippen molar-refractivity contribution < 1.29 is 18.9 Å². The smallest absolute Gasteiger partial charge is 0.203 e. The van der Waals surface area contributed by atoms with E-state index in [9.17, 15) is 0 Å². The minimum atomic E-state index is 0.489. The predicted molar refractivity (Wildman–Crippen MR) is 125 cm³/mol. The van der Waals surface area contributed by atoms with Gasteiger partial charge in [-0.25, -0.2) is 4.99 Å². The van der Waals surface area contributed by atoms with Crippen LogP contribution in [0.2, 0.25) is 0 Å². The third kappa shape index (κ3) is 7.92. The van der Waals surface area contributed by atoms with Gasteiger partial charge in [0, 0.05) is 13.1 Å². The van der Waals surface area contributed by atoms with Gasteiger partial charge in [0.05, 0.1) is 34.5 Å². The Bertz CT molecular complexity index is 797. The Morgan fingerprint density at radius 1 is 0.903 bits per heavy atom. The average Bonchev–Trinajstić information content (AvgIpc) is 2.79. The normalized spacial score (nSPS) is 11.1. The fraction of sp³-hybridized carbons (Fsp3) is 0.458. The monoisotopic (exact) mass is 429 g/mol. The Balaban J connectivity index is 1.84. The second-order valence-corrected chi connectivity index (χ2v) is 7.02. The van der Waals surface area contributed by atoms with Gasteiger partial charge in [-0.1, -0.05) is 17.7 Å². The minimum absolute atomic E-state index is 0.489. The first-order chi connectivity index (χ1) is 15.1. The van der Waals surface area contributed by atoms with Crippen LogP contribution in [0.1, 0.15) is 30.9 Å². The average molecular weight is 430 g/mol. The van der Waals surface area contributed by atoms with E-state index in [0.29, 0.717) is 30.4 Å². The summed E-state index contributed by atoms with van der Waals surface area (Å²) < 4.78 is 22.0. The summed E-state index contributed by atoms with van der Waals surface area (Å²) in [5.41, 5.74) is 2.21. The van der Waals surface area contributed by atoms with Crippen LogP contribution in [0.4, 0.5) is 0 Å². The molecule has 2 N–H and O–H groups in total. The van der Waals surface area contributed by atoms with Gasteiger partial charge in [-0.15, -0.1) is 0 Å². The van der Waals surface area contributed by atoms with Gasteiger partial charge in [-0.05, 0) is 56.5 Å². The van der Waals surface area contributed by atoms with E-state index in [1.54, 1.807) is 21.3 Å². The summed E-state index contributed by atoms with van der Waals surface area (Å²) >= 11 is 0. The Morgan fingerprint density at radius 2 is 1.58 bits per heavy atom. The molecule has 170 valence electrons. The quantitative estimate of drug-likeness (QED) is 0.303. The standard InChI is InChI=1S/C24H35N3O4/c1-6-25-24(26-13-7-8-14-31-20-11-9-18(2)10-12-20)27-17-19-15-21(28-3)23(30-5)22(16-19)29-4/h9-12,15-16H,6-8,13-14,17H2,1-5H3,(H2,25,26,27). The van der Waals surface area contributed by atoms with E-state index in [4.69, 9.17) is 18.9 Å². The molecule has 0 atom stereocenters. The van der Waals surface area contributed by atoms with Crippen molar-refractivity contribution in [2.75, 3.05) is 41.0 Å². The molecule has 0 heterocycles. The van der Waals surface area contributed by atoms with Crippen LogP contribution < -0.4 is 29.6 Å². The number of benzene rings is 2. The van der Waals surface area contributed by atoms with Gasteiger partial charge in [0.2, 0.25) is 5.75 Å². The molecule has 0 aliphatic heterocycles. The number of hydrogen-bond donors (Lipinski definition) is 2. The minimum Gasteiger partial charge on any atom is -0.494 e. The van der Waals surface area contributed by atoms with Crippen LogP contribution in [-0.2, 0) is 6.54 Å². The molecular weight excluding hydrogens is 394 g/mol. The fourth-order valence-corrected chi connectivity index (χ4v) is 3.00. The SMILES string of the molecule is CCNC(=NCc1cc(OC)c(OC)c(OC)c1)NCCCCOc1ccc(C)cc1. The topological polar surface area (TPSA) is 73.3 Å². The zero-order chi connectivity index (χ0) is 22.5. The first-order valence-electron chi connectivity index (χ1n) is 10.6. The molecule has 0 aromatic heterocycles. The summed E-state index contributed by atoms with van der Waals surface area (Å²) in [7, 11) is 4.81. The number of hydrogen-bond acceptors (Lipinski definition) is 5. The van der Waals surface area contributed by atoms with E-state index < -0.39 is 0 Å². The van der Waals surface area contributed by atoms with Crippen LogP contribution in [0, 0.1) is 6.92 Å². The lowest BCUT2D eigenvalue weighted by Gasteiger charge is -2.14. The van der Waals surface area contributed by atoms with Crippen LogP contribution in [-0.4, -0.2) is 47.0 Å². The molecule has 0 radical (unpaired) electrons. The number of nitrogens with zero attached hydrogens (tertiary/aromatic N) is 1. The molecule has 0 fully saturated rings. The van der Waals surface area contributed by atoms with Crippen molar-refractivity contribution >= 4 is 5.96 Å². The molecule has 0 aliphatic rings. The van der Waals surface area contributed by atoms with E-state index in [1.807, 2.05) is 31.2 Å². The third-order valence-electron chi connectivity index (χ3n) is 4.64.